The molecule has 1 atom stereocenters. The topological polar surface area (TPSA) is 81.4 Å². The monoisotopic (exact) mass is 288 g/mol. The minimum absolute atomic E-state index is 0.0721. The molecule has 1 aromatic rings. The molecule has 0 aliphatic rings. The number of ether oxygens (including phenoxy) is 1. The minimum atomic E-state index is -1.68. The van der Waals surface area contributed by atoms with Crippen molar-refractivity contribution < 1.29 is 19.4 Å². The normalized spacial score (nSPS) is 13.9. The summed E-state index contributed by atoms with van der Waals surface area (Å²) in [5, 5.41) is 13.9. The molecule has 1 aromatic heterocycles. The van der Waals surface area contributed by atoms with Gasteiger partial charge in [-0.2, -0.15) is 5.10 Å². The van der Waals surface area contributed by atoms with Gasteiger partial charge in [0.25, 0.3) is 0 Å². The van der Waals surface area contributed by atoms with E-state index in [-0.39, 0.29) is 6.42 Å². The molecule has 0 spiro atoms. The van der Waals surface area contributed by atoms with Gasteiger partial charge in [0, 0.05) is 13.5 Å². The summed E-state index contributed by atoms with van der Waals surface area (Å²) in [4.78, 5) is 23.1. The van der Waals surface area contributed by atoms with Crippen LogP contribution in [0, 0.1) is 5.41 Å². The SMILES string of the molecule is CCc1nn(C)c(CC(C)(C(=O)O)C(=O)OC)c1Cl. The van der Waals surface area contributed by atoms with Crippen LogP contribution in [0.3, 0.4) is 0 Å². The Bertz CT molecular complexity index is 512. The summed E-state index contributed by atoms with van der Waals surface area (Å²) in [7, 11) is 2.83. The van der Waals surface area contributed by atoms with Crippen molar-refractivity contribution in [3.8, 4) is 0 Å². The van der Waals surface area contributed by atoms with Gasteiger partial charge in [0.15, 0.2) is 5.41 Å². The zero-order valence-corrected chi connectivity index (χ0v) is 12.1. The van der Waals surface area contributed by atoms with Crippen LogP contribution in [0.2, 0.25) is 5.02 Å². The van der Waals surface area contributed by atoms with Crippen LogP contribution < -0.4 is 0 Å². The lowest BCUT2D eigenvalue weighted by molar-refractivity contribution is -0.165. The number of carboxylic acids is 1. The van der Waals surface area contributed by atoms with Crippen LogP contribution in [0.4, 0.5) is 0 Å². The van der Waals surface area contributed by atoms with Crippen molar-refractivity contribution in [2.75, 3.05) is 7.11 Å². The predicted molar refractivity (Wildman–Crippen MR) is 69.1 cm³/mol. The first-order valence-electron chi connectivity index (χ1n) is 5.80. The number of nitrogens with zero attached hydrogens (tertiary/aromatic N) is 2. The van der Waals surface area contributed by atoms with Crippen molar-refractivity contribution in [1.29, 1.82) is 0 Å². The number of carboxylic acid groups (broad SMARTS) is 1. The lowest BCUT2D eigenvalue weighted by Gasteiger charge is -2.21. The van der Waals surface area contributed by atoms with Crippen molar-refractivity contribution in [1.82, 2.24) is 9.78 Å². The van der Waals surface area contributed by atoms with E-state index in [2.05, 4.69) is 9.84 Å². The zero-order chi connectivity index (χ0) is 14.8. The van der Waals surface area contributed by atoms with Gasteiger partial charge in [-0.25, -0.2) is 0 Å². The molecule has 0 saturated heterocycles. The highest BCUT2D eigenvalue weighted by atomic mass is 35.5. The van der Waals surface area contributed by atoms with E-state index in [1.807, 2.05) is 6.92 Å². The van der Waals surface area contributed by atoms with E-state index in [1.54, 1.807) is 7.05 Å². The average molecular weight is 289 g/mol. The Balaban J connectivity index is 3.22. The largest absolute Gasteiger partial charge is 0.480 e. The van der Waals surface area contributed by atoms with Gasteiger partial charge in [-0.1, -0.05) is 18.5 Å². The van der Waals surface area contributed by atoms with Crippen LogP contribution in [0.1, 0.15) is 25.2 Å². The molecule has 106 valence electrons. The molecule has 1 N–H and O–H groups in total. The third-order valence-corrected chi connectivity index (χ3v) is 3.57. The summed E-state index contributed by atoms with van der Waals surface area (Å²) < 4.78 is 6.07. The van der Waals surface area contributed by atoms with E-state index >= 15 is 0 Å². The van der Waals surface area contributed by atoms with Crippen molar-refractivity contribution in [2.45, 2.75) is 26.7 Å². The molecule has 1 heterocycles. The fourth-order valence-electron chi connectivity index (χ4n) is 1.81. The molecule has 0 aliphatic carbocycles. The second-order valence-corrected chi connectivity index (χ2v) is 4.87. The Hall–Kier alpha value is -1.56. The van der Waals surface area contributed by atoms with E-state index in [1.165, 1.54) is 11.6 Å². The van der Waals surface area contributed by atoms with E-state index in [4.69, 9.17) is 11.6 Å². The molecule has 0 aromatic carbocycles. The van der Waals surface area contributed by atoms with E-state index < -0.39 is 17.4 Å². The number of hydrogen-bond donors (Lipinski definition) is 1. The van der Waals surface area contributed by atoms with Crippen molar-refractivity contribution in [3.05, 3.63) is 16.4 Å². The molecule has 7 heteroatoms. The number of esters is 1. The number of halogens is 1. The van der Waals surface area contributed by atoms with Gasteiger partial charge < -0.3 is 9.84 Å². The standard InChI is InChI=1S/C12H17ClN2O4/c1-5-7-9(13)8(15(3)14-7)6-12(2,10(16)17)11(18)19-4/h5-6H2,1-4H3,(H,16,17). The van der Waals surface area contributed by atoms with Gasteiger partial charge >= 0.3 is 11.9 Å². The van der Waals surface area contributed by atoms with E-state index in [0.29, 0.717) is 22.8 Å². The number of hydrogen-bond acceptors (Lipinski definition) is 4. The Morgan fingerprint density at radius 1 is 1.53 bits per heavy atom. The second-order valence-electron chi connectivity index (χ2n) is 4.49. The molecule has 1 rings (SSSR count). The van der Waals surface area contributed by atoms with Gasteiger partial charge in [-0.05, 0) is 13.3 Å². The van der Waals surface area contributed by atoms with Crippen LogP contribution in [-0.4, -0.2) is 33.9 Å². The summed E-state index contributed by atoms with van der Waals surface area (Å²) in [5.74, 6) is -2.06. The Kier molecular flexibility index (Phi) is 4.57. The first-order chi connectivity index (χ1) is 8.77. The third-order valence-electron chi connectivity index (χ3n) is 3.13. The molecular formula is C12H17ClN2O4. The number of rotatable bonds is 5. The number of aliphatic carboxylic acids is 1. The quantitative estimate of drug-likeness (QED) is 0.655. The highest BCUT2D eigenvalue weighted by Gasteiger charge is 2.44. The number of carbonyl (C=O) groups is 2. The highest BCUT2D eigenvalue weighted by molar-refractivity contribution is 6.32. The van der Waals surface area contributed by atoms with Crippen molar-refractivity contribution in [3.63, 3.8) is 0 Å². The van der Waals surface area contributed by atoms with E-state index in [9.17, 15) is 14.7 Å². The molecular weight excluding hydrogens is 272 g/mol. The average Bonchev–Trinajstić information content (AvgIpc) is 2.64. The first-order valence-corrected chi connectivity index (χ1v) is 6.17. The lowest BCUT2D eigenvalue weighted by Crippen LogP contribution is -2.40. The molecule has 1 unspecified atom stereocenters. The number of carbonyl (C=O) groups excluding carboxylic acids is 1. The fraction of sp³-hybridized carbons (Fsp3) is 0.583. The third kappa shape index (κ3) is 2.73. The zero-order valence-electron chi connectivity index (χ0n) is 11.4. The highest BCUT2D eigenvalue weighted by Crippen LogP contribution is 2.30. The van der Waals surface area contributed by atoms with E-state index in [0.717, 1.165) is 7.11 Å². The van der Waals surface area contributed by atoms with Crippen LogP contribution in [-0.2, 0) is 34.2 Å². The summed E-state index contributed by atoms with van der Waals surface area (Å²) in [6.45, 7) is 3.21. The van der Waals surface area contributed by atoms with Crippen LogP contribution in [0.5, 0.6) is 0 Å². The Morgan fingerprint density at radius 3 is 2.47 bits per heavy atom. The summed E-state index contributed by atoms with van der Waals surface area (Å²) in [6.07, 6.45) is 0.562. The molecule has 0 bridgehead atoms. The predicted octanol–water partition coefficient (Wildman–Crippen LogP) is 1.44. The molecule has 6 nitrogen and oxygen atoms in total. The first kappa shape index (κ1) is 15.5. The fourth-order valence-corrected chi connectivity index (χ4v) is 2.17. The van der Waals surface area contributed by atoms with Gasteiger partial charge in [0.05, 0.1) is 23.5 Å². The molecule has 19 heavy (non-hydrogen) atoms. The smallest absolute Gasteiger partial charge is 0.323 e. The molecule has 0 radical (unpaired) electrons. The van der Waals surface area contributed by atoms with Crippen LogP contribution in [0.15, 0.2) is 0 Å². The maximum Gasteiger partial charge on any atom is 0.323 e. The van der Waals surface area contributed by atoms with Crippen LogP contribution in [0.25, 0.3) is 0 Å². The molecule has 0 aliphatic heterocycles. The van der Waals surface area contributed by atoms with Crippen LogP contribution >= 0.6 is 11.6 Å². The maximum atomic E-state index is 11.7. The second kappa shape index (κ2) is 5.61. The summed E-state index contributed by atoms with van der Waals surface area (Å²) >= 11 is 6.16. The Labute approximate surface area is 116 Å². The minimum Gasteiger partial charge on any atom is -0.480 e. The van der Waals surface area contributed by atoms with Gasteiger partial charge in [0.2, 0.25) is 0 Å². The summed E-state index contributed by atoms with van der Waals surface area (Å²) in [5.41, 5.74) is -0.498. The summed E-state index contributed by atoms with van der Waals surface area (Å²) in [6, 6.07) is 0. The molecule has 0 amide bonds. The number of methoxy groups -OCH3 is 1. The van der Waals surface area contributed by atoms with Gasteiger partial charge in [-0.3, -0.25) is 14.3 Å². The maximum absolute atomic E-state index is 11.7. The number of aryl methyl sites for hydroxylation is 2. The van der Waals surface area contributed by atoms with Crippen molar-refractivity contribution in [2.24, 2.45) is 12.5 Å². The lowest BCUT2D eigenvalue weighted by atomic mass is 9.85. The Morgan fingerprint density at radius 2 is 2.11 bits per heavy atom. The molecule has 0 fully saturated rings. The molecule has 0 saturated carbocycles. The van der Waals surface area contributed by atoms with Gasteiger partial charge in [0.1, 0.15) is 0 Å². The van der Waals surface area contributed by atoms with Gasteiger partial charge in [-0.15, -0.1) is 0 Å². The number of aromatic nitrogens is 2. The van der Waals surface area contributed by atoms with Crippen molar-refractivity contribution >= 4 is 23.5 Å².